The highest BCUT2D eigenvalue weighted by atomic mass is 16.6. The van der Waals surface area contributed by atoms with Crippen molar-refractivity contribution >= 4 is 24.0 Å². The highest BCUT2D eigenvalue weighted by Crippen LogP contribution is 2.33. The minimum absolute atomic E-state index is 0.0544. The molecule has 1 aliphatic carbocycles. The lowest BCUT2D eigenvalue weighted by Gasteiger charge is -2.37. The molecule has 2 saturated heterocycles. The largest absolute Gasteiger partial charge is 0.470 e. The zero-order valence-electron chi connectivity index (χ0n) is 24.6. The molecule has 5 atom stereocenters. The van der Waals surface area contributed by atoms with Gasteiger partial charge in [0.2, 0.25) is 17.6 Å². The lowest BCUT2D eigenvalue weighted by Crippen LogP contribution is -2.61. The molecule has 11 nitrogen and oxygen atoms in total. The Morgan fingerprint density at radius 2 is 1.80 bits per heavy atom. The maximum Gasteiger partial charge on any atom is 0.290 e. The molecule has 40 heavy (non-hydrogen) atoms. The Morgan fingerprint density at radius 1 is 1.10 bits per heavy atom. The van der Waals surface area contributed by atoms with Crippen molar-refractivity contribution in [3.8, 4) is 5.88 Å². The van der Waals surface area contributed by atoms with Crippen LogP contribution in [0.2, 0.25) is 0 Å². The van der Waals surface area contributed by atoms with E-state index in [0.717, 1.165) is 51.4 Å². The highest BCUT2D eigenvalue weighted by molar-refractivity contribution is 5.97. The van der Waals surface area contributed by atoms with E-state index in [9.17, 15) is 19.2 Å². The van der Waals surface area contributed by atoms with E-state index < -0.39 is 41.0 Å². The van der Waals surface area contributed by atoms with Gasteiger partial charge in [-0.15, -0.1) is 0 Å². The number of carbonyl (C=O) groups is 4. The van der Waals surface area contributed by atoms with Crippen molar-refractivity contribution in [3.63, 3.8) is 0 Å². The fourth-order valence-corrected chi connectivity index (χ4v) is 6.20. The number of fused-ring (bicyclic) bond motifs is 1. The zero-order valence-corrected chi connectivity index (χ0v) is 24.6. The van der Waals surface area contributed by atoms with Crippen LogP contribution < -0.4 is 20.7 Å². The molecule has 3 amide bonds. The van der Waals surface area contributed by atoms with Gasteiger partial charge in [-0.2, -0.15) is 0 Å². The fraction of sp³-hybridized carbons (Fsp3) is 0.759. The fourth-order valence-electron chi connectivity index (χ4n) is 6.20. The number of carbonyl (C=O) groups excluding carboxylic acids is 4. The second kappa shape index (κ2) is 11.9. The predicted molar refractivity (Wildman–Crippen MR) is 148 cm³/mol. The highest BCUT2D eigenvalue weighted by Gasteiger charge is 2.49. The molecule has 0 unspecified atom stereocenters. The van der Waals surface area contributed by atoms with E-state index >= 15 is 0 Å². The van der Waals surface area contributed by atoms with E-state index in [0.29, 0.717) is 6.54 Å². The van der Waals surface area contributed by atoms with Gasteiger partial charge in [0.05, 0.1) is 6.07 Å². The van der Waals surface area contributed by atoms with Crippen LogP contribution in [0.4, 0.5) is 0 Å². The van der Waals surface area contributed by atoms with E-state index in [4.69, 9.17) is 9.26 Å². The summed E-state index contributed by atoms with van der Waals surface area (Å²) in [6.07, 6.45) is 6.32. The van der Waals surface area contributed by atoms with Gasteiger partial charge < -0.3 is 34.9 Å². The van der Waals surface area contributed by atoms with Crippen LogP contribution in [-0.4, -0.2) is 76.9 Å². The number of hydrogen-bond acceptors (Lipinski definition) is 8. The molecule has 2 aliphatic heterocycles. The van der Waals surface area contributed by atoms with Crippen LogP contribution in [0.5, 0.6) is 5.88 Å². The second-order valence-electron chi connectivity index (χ2n) is 13.5. The topological polar surface area (TPSA) is 143 Å². The summed E-state index contributed by atoms with van der Waals surface area (Å²) in [5.74, 6) is -0.995. The summed E-state index contributed by atoms with van der Waals surface area (Å²) in [6, 6.07) is -0.937. The Labute approximate surface area is 236 Å². The minimum Gasteiger partial charge on any atom is -0.470 e. The number of nitrogens with one attached hydrogen (secondary N) is 3. The maximum absolute atomic E-state index is 13.9. The smallest absolute Gasteiger partial charge is 0.290 e. The standard InChI is InChI=1S/C29H45N5O6/c1-28(2,3)24(27(38)34-15-18-12-13-30-22(18)19(34)16-35)32-26(37)23(17-10-8-7-9-11-17)31-25(36)20-14-21(33-40-20)39-29(4,5)6/h14,16-19,22-24,30H,7-13,15H2,1-6H3,(H,31,36)(H,32,37)/t18-,19+,22-,23-,24+/m0/s1. The molecule has 1 saturated carbocycles. The number of rotatable bonds is 8. The molecule has 0 radical (unpaired) electrons. The minimum atomic E-state index is -0.874. The number of nitrogens with zero attached hydrogens (tertiary/aromatic N) is 2. The first-order valence-electron chi connectivity index (χ1n) is 14.5. The number of amides is 3. The zero-order chi connectivity index (χ0) is 29.2. The van der Waals surface area contributed by atoms with Crippen molar-refractivity contribution in [1.29, 1.82) is 0 Å². The summed E-state index contributed by atoms with van der Waals surface area (Å²) in [5.41, 5.74) is -1.15. The van der Waals surface area contributed by atoms with Crippen molar-refractivity contribution in [2.24, 2.45) is 17.3 Å². The monoisotopic (exact) mass is 559 g/mol. The summed E-state index contributed by atoms with van der Waals surface area (Å²) in [6.45, 7) is 12.6. The van der Waals surface area contributed by atoms with Crippen LogP contribution in [0.3, 0.4) is 0 Å². The lowest BCUT2D eigenvalue weighted by atomic mass is 9.82. The van der Waals surface area contributed by atoms with Crippen LogP contribution in [0.25, 0.3) is 0 Å². The first-order valence-corrected chi connectivity index (χ1v) is 14.5. The third kappa shape index (κ3) is 6.85. The van der Waals surface area contributed by atoms with Gasteiger partial charge in [-0.1, -0.05) is 40.0 Å². The molecule has 222 valence electrons. The van der Waals surface area contributed by atoms with E-state index in [-0.39, 0.29) is 35.4 Å². The van der Waals surface area contributed by atoms with Crippen molar-refractivity contribution in [3.05, 3.63) is 11.8 Å². The molecule has 1 aromatic heterocycles. The predicted octanol–water partition coefficient (Wildman–Crippen LogP) is 2.45. The van der Waals surface area contributed by atoms with Crippen molar-refractivity contribution in [1.82, 2.24) is 26.0 Å². The molecule has 0 spiro atoms. The van der Waals surface area contributed by atoms with Gasteiger partial charge in [0.25, 0.3) is 11.8 Å². The first kappa shape index (κ1) is 30.0. The Bertz CT molecular complexity index is 1080. The van der Waals surface area contributed by atoms with Crippen LogP contribution in [0, 0.1) is 17.3 Å². The van der Waals surface area contributed by atoms with Gasteiger partial charge in [-0.05, 0) is 69.0 Å². The Balaban J connectivity index is 1.52. The van der Waals surface area contributed by atoms with E-state index in [1.54, 1.807) is 4.90 Å². The molecule has 11 heteroatoms. The van der Waals surface area contributed by atoms with Crippen LogP contribution >= 0.6 is 0 Å². The SMILES string of the molecule is CC(C)(C)Oc1cc(C(=O)N[C@H](C(=O)N[C@H](C(=O)N2C[C@@H]3CCN[C@@H]3[C@H]2C=O)C(C)(C)C)C2CCCCC2)on1. The van der Waals surface area contributed by atoms with Crippen LogP contribution in [0.15, 0.2) is 10.6 Å². The van der Waals surface area contributed by atoms with E-state index in [1.165, 1.54) is 6.07 Å². The number of hydrogen-bond donors (Lipinski definition) is 3. The van der Waals surface area contributed by atoms with Gasteiger partial charge in [0, 0.05) is 12.6 Å². The van der Waals surface area contributed by atoms with Gasteiger partial charge in [-0.25, -0.2) is 0 Å². The summed E-state index contributed by atoms with van der Waals surface area (Å²) < 4.78 is 10.9. The van der Waals surface area contributed by atoms with Crippen molar-refractivity contribution < 1.29 is 28.4 Å². The molecule has 1 aromatic rings. The Morgan fingerprint density at radius 3 is 2.42 bits per heavy atom. The summed E-state index contributed by atoms with van der Waals surface area (Å²) >= 11 is 0. The van der Waals surface area contributed by atoms with Gasteiger partial charge in [-0.3, -0.25) is 14.4 Å². The third-order valence-corrected chi connectivity index (χ3v) is 8.20. The summed E-state index contributed by atoms with van der Waals surface area (Å²) in [4.78, 5) is 54.6. The molecule has 3 aliphatic rings. The maximum atomic E-state index is 13.9. The third-order valence-electron chi connectivity index (χ3n) is 8.20. The van der Waals surface area contributed by atoms with Crippen molar-refractivity contribution in [2.45, 2.75) is 110 Å². The second-order valence-corrected chi connectivity index (χ2v) is 13.5. The normalized spacial score (nSPS) is 25.1. The Kier molecular flexibility index (Phi) is 8.92. The molecular weight excluding hydrogens is 514 g/mol. The average molecular weight is 560 g/mol. The first-order chi connectivity index (χ1) is 18.8. The molecule has 4 rings (SSSR count). The quantitative estimate of drug-likeness (QED) is 0.412. The van der Waals surface area contributed by atoms with Crippen molar-refractivity contribution in [2.75, 3.05) is 13.1 Å². The van der Waals surface area contributed by atoms with Crippen LogP contribution in [0.1, 0.15) is 90.6 Å². The van der Waals surface area contributed by atoms with Crippen LogP contribution in [-0.2, 0) is 14.4 Å². The van der Waals surface area contributed by atoms with E-state index in [1.807, 2.05) is 41.5 Å². The molecule has 0 bridgehead atoms. The van der Waals surface area contributed by atoms with Gasteiger partial charge in [0.15, 0.2) is 0 Å². The lowest BCUT2D eigenvalue weighted by molar-refractivity contribution is -0.142. The molecule has 0 aromatic carbocycles. The summed E-state index contributed by atoms with van der Waals surface area (Å²) in [7, 11) is 0. The van der Waals surface area contributed by atoms with Gasteiger partial charge in [0.1, 0.15) is 30.0 Å². The Hall–Kier alpha value is -2.95. The molecule has 3 heterocycles. The van der Waals surface area contributed by atoms with Gasteiger partial charge >= 0.3 is 0 Å². The summed E-state index contributed by atoms with van der Waals surface area (Å²) in [5, 5.41) is 13.0. The number of ether oxygens (including phenoxy) is 1. The number of aromatic nitrogens is 1. The average Bonchev–Trinajstić information content (AvgIpc) is 3.60. The molecule has 3 N–H and O–H groups in total. The molecular formula is C29H45N5O6. The number of likely N-dealkylation sites (tertiary alicyclic amines) is 1. The van der Waals surface area contributed by atoms with E-state index in [2.05, 4.69) is 21.1 Å². The number of aldehydes is 1. The molecule has 3 fully saturated rings.